The van der Waals surface area contributed by atoms with Crippen molar-refractivity contribution in [1.29, 1.82) is 0 Å². The second kappa shape index (κ2) is 9.38. The molecular weight excluding hydrogens is 421 g/mol. The highest BCUT2D eigenvalue weighted by Crippen LogP contribution is 2.27. The Balaban J connectivity index is 1.23. The molecule has 2 aromatic rings. The van der Waals surface area contributed by atoms with Gasteiger partial charge in [0.05, 0.1) is 0 Å². The van der Waals surface area contributed by atoms with Crippen LogP contribution in [0.2, 0.25) is 10.0 Å². The smallest absolute Gasteiger partial charge is 0.224 e. The Bertz CT molecular complexity index is 935. The SMILES string of the molecule is O=C1CCc2cc(C(=O)CCCN3CCN(c4cc(Cl)cc(Cl)c4)CC3)ccc2N1. The van der Waals surface area contributed by atoms with Crippen LogP contribution in [0.25, 0.3) is 0 Å². The minimum atomic E-state index is 0.0418. The van der Waals surface area contributed by atoms with Crippen molar-refractivity contribution in [2.24, 2.45) is 0 Å². The highest BCUT2D eigenvalue weighted by Gasteiger charge is 2.19. The second-order valence-corrected chi connectivity index (χ2v) is 8.78. The van der Waals surface area contributed by atoms with E-state index < -0.39 is 0 Å². The molecule has 2 aromatic carbocycles. The summed E-state index contributed by atoms with van der Waals surface area (Å²) in [7, 11) is 0. The number of fused-ring (bicyclic) bond motifs is 1. The van der Waals surface area contributed by atoms with Crippen LogP contribution in [0.4, 0.5) is 11.4 Å². The summed E-state index contributed by atoms with van der Waals surface area (Å²) in [6, 6.07) is 11.3. The summed E-state index contributed by atoms with van der Waals surface area (Å²) in [6.45, 7) is 4.66. The second-order valence-electron chi connectivity index (χ2n) is 7.90. The van der Waals surface area contributed by atoms with Gasteiger partial charge in [-0.3, -0.25) is 14.5 Å². The average Bonchev–Trinajstić information content (AvgIpc) is 2.73. The molecule has 0 radical (unpaired) electrons. The molecule has 7 heteroatoms. The first kappa shape index (κ1) is 21.2. The molecular formula is C23H25Cl2N3O2. The maximum absolute atomic E-state index is 12.6. The lowest BCUT2D eigenvalue weighted by Crippen LogP contribution is -2.46. The fourth-order valence-electron chi connectivity index (χ4n) is 4.12. The highest BCUT2D eigenvalue weighted by molar-refractivity contribution is 6.35. The summed E-state index contributed by atoms with van der Waals surface area (Å²) in [4.78, 5) is 28.8. The fourth-order valence-corrected chi connectivity index (χ4v) is 4.63. The van der Waals surface area contributed by atoms with E-state index in [2.05, 4.69) is 15.1 Å². The lowest BCUT2D eigenvalue weighted by molar-refractivity contribution is -0.116. The maximum Gasteiger partial charge on any atom is 0.224 e. The summed E-state index contributed by atoms with van der Waals surface area (Å²) in [6.07, 6.45) is 2.56. The molecule has 5 nitrogen and oxygen atoms in total. The van der Waals surface area contributed by atoms with Crippen molar-refractivity contribution in [2.75, 3.05) is 42.9 Å². The number of nitrogens with zero attached hydrogens (tertiary/aromatic N) is 2. The van der Waals surface area contributed by atoms with Crippen molar-refractivity contribution in [3.05, 3.63) is 57.6 Å². The lowest BCUT2D eigenvalue weighted by atomic mass is 9.97. The van der Waals surface area contributed by atoms with E-state index in [1.807, 2.05) is 30.3 Å². The zero-order valence-corrected chi connectivity index (χ0v) is 18.3. The number of benzene rings is 2. The number of rotatable bonds is 6. The van der Waals surface area contributed by atoms with Crippen molar-refractivity contribution in [1.82, 2.24) is 4.90 Å². The fraction of sp³-hybridized carbons (Fsp3) is 0.391. The third kappa shape index (κ3) is 5.15. The van der Waals surface area contributed by atoms with Gasteiger partial charge >= 0.3 is 0 Å². The van der Waals surface area contributed by atoms with Gasteiger partial charge in [0.1, 0.15) is 0 Å². The maximum atomic E-state index is 12.6. The summed E-state index contributed by atoms with van der Waals surface area (Å²) < 4.78 is 0. The third-order valence-electron chi connectivity index (χ3n) is 5.79. The van der Waals surface area contributed by atoms with E-state index in [-0.39, 0.29) is 11.7 Å². The zero-order valence-electron chi connectivity index (χ0n) is 16.8. The molecule has 2 aliphatic heterocycles. The minimum Gasteiger partial charge on any atom is -0.369 e. The number of nitrogens with one attached hydrogen (secondary N) is 1. The third-order valence-corrected chi connectivity index (χ3v) is 6.22. The van der Waals surface area contributed by atoms with Gasteiger partial charge in [-0.15, -0.1) is 0 Å². The van der Waals surface area contributed by atoms with E-state index >= 15 is 0 Å². The topological polar surface area (TPSA) is 52.7 Å². The van der Waals surface area contributed by atoms with Gasteiger partial charge in [-0.2, -0.15) is 0 Å². The zero-order chi connectivity index (χ0) is 21.1. The Morgan fingerprint density at radius 1 is 0.967 bits per heavy atom. The van der Waals surface area contributed by atoms with Crippen LogP contribution < -0.4 is 10.2 Å². The largest absolute Gasteiger partial charge is 0.369 e. The number of ketones is 1. The first-order chi connectivity index (χ1) is 14.5. The summed E-state index contributed by atoms with van der Waals surface area (Å²) >= 11 is 12.2. The molecule has 30 heavy (non-hydrogen) atoms. The Morgan fingerprint density at radius 2 is 1.70 bits per heavy atom. The summed E-state index contributed by atoms with van der Waals surface area (Å²) in [5.74, 6) is 0.210. The van der Waals surface area contributed by atoms with E-state index in [1.54, 1.807) is 6.07 Å². The molecule has 2 heterocycles. The lowest BCUT2D eigenvalue weighted by Gasteiger charge is -2.36. The monoisotopic (exact) mass is 445 g/mol. The number of anilines is 2. The molecule has 0 bridgehead atoms. The van der Waals surface area contributed by atoms with E-state index in [0.29, 0.717) is 29.3 Å². The van der Waals surface area contributed by atoms with Crippen LogP contribution in [0.5, 0.6) is 0 Å². The van der Waals surface area contributed by atoms with E-state index in [9.17, 15) is 9.59 Å². The van der Waals surface area contributed by atoms with Crippen molar-refractivity contribution in [2.45, 2.75) is 25.7 Å². The molecule has 1 N–H and O–H groups in total. The van der Waals surface area contributed by atoms with Crippen LogP contribution in [-0.2, 0) is 11.2 Å². The van der Waals surface area contributed by atoms with Crippen LogP contribution in [-0.4, -0.2) is 49.3 Å². The van der Waals surface area contributed by atoms with Crippen molar-refractivity contribution >= 4 is 46.3 Å². The summed E-state index contributed by atoms with van der Waals surface area (Å²) in [5.41, 5.74) is 3.69. The molecule has 0 unspecified atom stereocenters. The number of halogens is 2. The molecule has 1 amide bonds. The van der Waals surface area contributed by atoms with Crippen molar-refractivity contribution < 1.29 is 9.59 Å². The quantitative estimate of drug-likeness (QED) is 0.656. The van der Waals surface area contributed by atoms with E-state index in [1.165, 1.54) is 0 Å². The number of Topliss-reactive ketones (excluding diaryl/α,β-unsaturated/α-hetero) is 1. The number of amides is 1. The number of carbonyl (C=O) groups is 2. The van der Waals surface area contributed by atoms with E-state index in [4.69, 9.17) is 23.2 Å². The van der Waals surface area contributed by atoms with Crippen LogP contribution in [0.1, 0.15) is 35.2 Å². The van der Waals surface area contributed by atoms with Crippen LogP contribution in [0.3, 0.4) is 0 Å². The number of hydrogen-bond donors (Lipinski definition) is 1. The molecule has 2 aliphatic rings. The molecule has 0 aliphatic carbocycles. The molecule has 0 atom stereocenters. The molecule has 1 fully saturated rings. The predicted octanol–water partition coefficient (Wildman–Crippen LogP) is 4.66. The number of carbonyl (C=O) groups excluding carboxylic acids is 2. The first-order valence-corrected chi connectivity index (χ1v) is 11.1. The van der Waals surface area contributed by atoms with Gasteiger partial charge in [0, 0.05) is 66.0 Å². The van der Waals surface area contributed by atoms with Crippen molar-refractivity contribution in [3.63, 3.8) is 0 Å². The number of aryl methyl sites for hydroxylation is 1. The molecule has 4 rings (SSSR count). The van der Waals surface area contributed by atoms with Gasteiger partial charge in [-0.05, 0) is 61.3 Å². The first-order valence-electron chi connectivity index (χ1n) is 10.4. The standard InChI is InChI=1S/C23H25Cl2N3O2/c24-18-13-19(25)15-20(14-18)28-10-8-27(9-11-28)7-1-2-22(29)17-3-5-21-16(12-17)4-6-23(30)26-21/h3,5,12-15H,1-2,4,6-11H2,(H,26,30). The van der Waals surface area contributed by atoms with Gasteiger partial charge in [0.2, 0.25) is 5.91 Å². The van der Waals surface area contributed by atoms with Gasteiger partial charge in [0.25, 0.3) is 0 Å². The number of piperazine rings is 1. The molecule has 158 valence electrons. The summed E-state index contributed by atoms with van der Waals surface area (Å²) in [5, 5.41) is 4.17. The van der Waals surface area contributed by atoms with Crippen LogP contribution in [0.15, 0.2) is 36.4 Å². The molecule has 1 saturated heterocycles. The average molecular weight is 446 g/mol. The van der Waals surface area contributed by atoms with Gasteiger partial charge in [-0.1, -0.05) is 23.2 Å². The normalized spacial score (nSPS) is 16.9. The van der Waals surface area contributed by atoms with Gasteiger partial charge in [-0.25, -0.2) is 0 Å². The minimum absolute atomic E-state index is 0.0418. The van der Waals surface area contributed by atoms with Gasteiger partial charge in [0.15, 0.2) is 5.78 Å². The Hall–Kier alpha value is -2.08. The Morgan fingerprint density at radius 3 is 2.43 bits per heavy atom. The van der Waals surface area contributed by atoms with E-state index in [0.717, 1.165) is 61.6 Å². The predicted molar refractivity (Wildman–Crippen MR) is 122 cm³/mol. The number of hydrogen-bond acceptors (Lipinski definition) is 4. The highest BCUT2D eigenvalue weighted by atomic mass is 35.5. The van der Waals surface area contributed by atoms with Crippen molar-refractivity contribution in [3.8, 4) is 0 Å². The van der Waals surface area contributed by atoms with Crippen LogP contribution in [0, 0.1) is 0 Å². The Labute approximate surface area is 186 Å². The molecule has 0 saturated carbocycles. The Kier molecular flexibility index (Phi) is 6.61. The molecule has 0 aromatic heterocycles. The van der Waals surface area contributed by atoms with Crippen LogP contribution >= 0.6 is 23.2 Å². The molecule has 0 spiro atoms. The van der Waals surface area contributed by atoms with Gasteiger partial charge < -0.3 is 10.2 Å².